The number of phenols is 1. The fourth-order valence-electron chi connectivity index (χ4n) is 2.33. The summed E-state index contributed by atoms with van der Waals surface area (Å²) in [5, 5.41) is 16.2. The number of fused-ring (bicyclic) bond motifs is 1. The van der Waals surface area contributed by atoms with Gasteiger partial charge in [0, 0.05) is 10.6 Å². The fourth-order valence-corrected chi connectivity index (χ4v) is 2.51. The number of benzene rings is 3. The van der Waals surface area contributed by atoms with E-state index in [1.54, 1.807) is 30.3 Å². The lowest BCUT2D eigenvalue weighted by Gasteiger charge is -2.06. The first-order valence-electron chi connectivity index (χ1n) is 7.54. The lowest BCUT2D eigenvalue weighted by atomic mass is 10.0. The monoisotopic (exact) mass is 354 g/mol. The van der Waals surface area contributed by atoms with Crippen LogP contribution < -0.4 is 10.2 Å². The van der Waals surface area contributed by atoms with Gasteiger partial charge in [0.1, 0.15) is 11.5 Å². The summed E-state index contributed by atoms with van der Waals surface area (Å²) in [5.41, 5.74) is 2.91. The summed E-state index contributed by atoms with van der Waals surface area (Å²) in [6.07, 6.45) is 1.41. The van der Waals surface area contributed by atoms with Crippen molar-refractivity contribution < 1.29 is 14.6 Å². The molecule has 1 amide bonds. The van der Waals surface area contributed by atoms with E-state index in [0.29, 0.717) is 16.3 Å². The Morgan fingerprint density at radius 2 is 2.00 bits per heavy atom. The van der Waals surface area contributed by atoms with Crippen LogP contribution in [-0.2, 0) is 4.79 Å². The molecule has 25 heavy (non-hydrogen) atoms. The molecule has 0 aliphatic heterocycles. The number of hydrogen-bond donors (Lipinski definition) is 2. The van der Waals surface area contributed by atoms with E-state index < -0.39 is 5.91 Å². The van der Waals surface area contributed by atoms with E-state index >= 15 is 0 Å². The molecule has 0 unspecified atom stereocenters. The number of amides is 1. The maximum atomic E-state index is 11.8. The van der Waals surface area contributed by atoms with Gasteiger partial charge < -0.3 is 9.84 Å². The summed E-state index contributed by atoms with van der Waals surface area (Å²) in [5.74, 6) is 0.168. The molecule has 3 rings (SSSR count). The van der Waals surface area contributed by atoms with Gasteiger partial charge in [-0.2, -0.15) is 5.10 Å². The zero-order valence-corrected chi connectivity index (χ0v) is 13.9. The quantitative estimate of drug-likeness (QED) is 0.541. The number of aromatic hydroxyl groups is 1. The van der Waals surface area contributed by atoms with Crippen LogP contribution in [0.1, 0.15) is 5.56 Å². The Bertz CT molecular complexity index is 941. The molecule has 0 aromatic heterocycles. The van der Waals surface area contributed by atoms with Crippen molar-refractivity contribution in [1.29, 1.82) is 0 Å². The van der Waals surface area contributed by atoms with Crippen LogP contribution in [0.3, 0.4) is 0 Å². The number of ether oxygens (including phenoxy) is 1. The van der Waals surface area contributed by atoms with Gasteiger partial charge in [-0.15, -0.1) is 0 Å². The van der Waals surface area contributed by atoms with Gasteiger partial charge in [0.15, 0.2) is 6.61 Å². The van der Waals surface area contributed by atoms with Gasteiger partial charge in [-0.25, -0.2) is 5.43 Å². The van der Waals surface area contributed by atoms with Gasteiger partial charge in [0.05, 0.1) is 6.21 Å². The highest BCUT2D eigenvalue weighted by molar-refractivity contribution is 6.30. The molecule has 6 heteroatoms. The molecular weight excluding hydrogens is 340 g/mol. The van der Waals surface area contributed by atoms with E-state index in [1.807, 2.05) is 30.3 Å². The number of carbonyl (C=O) groups is 1. The fraction of sp³-hybridized carbons (Fsp3) is 0.0526. The van der Waals surface area contributed by atoms with Crippen molar-refractivity contribution in [3.8, 4) is 11.5 Å². The van der Waals surface area contributed by atoms with Crippen molar-refractivity contribution in [2.24, 2.45) is 5.10 Å². The molecule has 0 heterocycles. The number of nitrogens with zero attached hydrogens (tertiary/aromatic N) is 1. The van der Waals surface area contributed by atoms with Crippen LogP contribution in [0.15, 0.2) is 65.8 Å². The normalized spacial score (nSPS) is 10.9. The topological polar surface area (TPSA) is 70.9 Å². The summed E-state index contributed by atoms with van der Waals surface area (Å²) >= 11 is 5.85. The summed E-state index contributed by atoms with van der Waals surface area (Å²) in [6.45, 7) is -0.195. The van der Waals surface area contributed by atoms with Crippen molar-refractivity contribution >= 4 is 34.5 Å². The Balaban J connectivity index is 1.63. The Labute approximate surface area is 149 Å². The average Bonchev–Trinajstić information content (AvgIpc) is 2.62. The molecule has 3 aromatic rings. The average molecular weight is 355 g/mol. The highest BCUT2D eigenvalue weighted by Gasteiger charge is 2.05. The molecule has 0 radical (unpaired) electrons. The molecule has 0 aliphatic carbocycles. The molecule has 126 valence electrons. The Hall–Kier alpha value is -3.05. The van der Waals surface area contributed by atoms with E-state index in [2.05, 4.69) is 10.5 Å². The second kappa shape index (κ2) is 7.68. The molecule has 0 bridgehead atoms. The summed E-state index contributed by atoms with van der Waals surface area (Å²) in [6, 6.07) is 17.8. The van der Waals surface area contributed by atoms with Crippen LogP contribution in [0.5, 0.6) is 11.5 Å². The molecule has 0 aliphatic rings. The number of nitrogens with one attached hydrogen (secondary N) is 1. The summed E-state index contributed by atoms with van der Waals surface area (Å²) < 4.78 is 5.33. The van der Waals surface area contributed by atoms with Gasteiger partial charge in [-0.3, -0.25) is 4.79 Å². The Morgan fingerprint density at radius 1 is 1.16 bits per heavy atom. The van der Waals surface area contributed by atoms with Crippen molar-refractivity contribution in [2.45, 2.75) is 0 Å². The molecule has 0 fully saturated rings. The lowest BCUT2D eigenvalue weighted by molar-refractivity contribution is -0.123. The van der Waals surface area contributed by atoms with E-state index in [0.717, 1.165) is 10.8 Å². The second-order valence-electron chi connectivity index (χ2n) is 5.26. The highest BCUT2D eigenvalue weighted by atomic mass is 35.5. The van der Waals surface area contributed by atoms with Crippen molar-refractivity contribution in [3.05, 3.63) is 71.2 Å². The maximum absolute atomic E-state index is 11.8. The van der Waals surface area contributed by atoms with Crippen molar-refractivity contribution in [1.82, 2.24) is 5.43 Å². The van der Waals surface area contributed by atoms with Crippen LogP contribution >= 0.6 is 11.6 Å². The highest BCUT2D eigenvalue weighted by Crippen LogP contribution is 2.25. The molecule has 5 nitrogen and oxygen atoms in total. The van der Waals surface area contributed by atoms with Crippen LogP contribution in [-0.4, -0.2) is 23.8 Å². The van der Waals surface area contributed by atoms with Crippen molar-refractivity contribution in [3.63, 3.8) is 0 Å². The third kappa shape index (κ3) is 4.28. The van der Waals surface area contributed by atoms with Crippen LogP contribution in [0.4, 0.5) is 0 Å². The number of carbonyl (C=O) groups excluding carboxylic acids is 1. The molecule has 0 saturated carbocycles. The third-order valence-corrected chi connectivity index (χ3v) is 3.73. The minimum Gasteiger partial charge on any atom is -0.507 e. The number of hydrazone groups is 1. The first kappa shape index (κ1) is 16.8. The maximum Gasteiger partial charge on any atom is 0.277 e. The summed E-state index contributed by atoms with van der Waals surface area (Å²) in [7, 11) is 0. The standard InChI is InChI=1S/C19H15ClN2O3/c20-14-5-3-6-15(10-14)25-12-19(24)22-21-11-17-16-7-2-1-4-13(16)8-9-18(17)23/h1-11,23H,12H2,(H,22,24)/b21-11-. The molecule has 0 saturated heterocycles. The predicted octanol–water partition coefficient (Wildman–Crippen LogP) is 3.73. The van der Waals surface area contributed by atoms with Crippen molar-refractivity contribution in [2.75, 3.05) is 6.61 Å². The molecule has 0 spiro atoms. The molecular formula is C19H15ClN2O3. The second-order valence-corrected chi connectivity index (χ2v) is 5.70. The number of phenolic OH excluding ortho intramolecular Hbond substituents is 1. The predicted molar refractivity (Wildman–Crippen MR) is 98.3 cm³/mol. The van der Waals surface area contributed by atoms with E-state index in [-0.39, 0.29) is 12.4 Å². The molecule has 0 atom stereocenters. The van der Waals surface area contributed by atoms with E-state index in [1.165, 1.54) is 6.21 Å². The number of rotatable bonds is 5. The zero-order chi connectivity index (χ0) is 17.6. The van der Waals surface area contributed by atoms with Gasteiger partial charge in [-0.05, 0) is 35.0 Å². The van der Waals surface area contributed by atoms with Gasteiger partial charge >= 0.3 is 0 Å². The largest absolute Gasteiger partial charge is 0.507 e. The number of hydrogen-bond acceptors (Lipinski definition) is 4. The van der Waals surface area contributed by atoms with Crippen LogP contribution in [0.25, 0.3) is 10.8 Å². The Kier molecular flexibility index (Phi) is 5.16. The smallest absolute Gasteiger partial charge is 0.277 e. The van der Waals surface area contributed by atoms with Gasteiger partial charge in [0.25, 0.3) is 5.91 Å². The minimum absolute atomic E-state index is 0.0897. The van der Waals surface area contributed by atoms with Gasteiger partial charge in [0.2, 0.25) is 0 Å². The third-order valence-electron chi connectivity index (χ3n) is 3.50. The first-order valence-corrected chi connectivity index (χ1v) is 7.92. The van der Waals surface area contributed by atoms with Crippen LogP contribution in [0.2, 0.25) is 5.02 Å². The van der Waals surface area contributed by atoms with Gasteiger partial charge in [-0.1, -0.05) is 48.0 Å². The van der Waals surface area contributed by atoms with E-state index in [9.17, 15) is 9.90 Å². The Morgan fingerprint density at radius 3 is 2.84 bits per heavy atom. The van der Waals surface area contributed by atoms with Crippen LogP contribution in [0, 0.1) is 0 Å². The zero-order valence-electron chi connectivity index (χ0n) is 13.1. The van der Waals surface area contributed by atoms with E-state index in [4.69, 9.17) is 16.3 Å². The lowest BCUT2D eigenvalue weighted by Crippen LogP contribution is -2.24. The SMILES string of the molecule is O=C(COc1cccc(Cl)c1)N/N=C\c1c(O)ccc2ccccc12. The number of halogens is 1. The molecule has 3 aromatic carbocycles. The summed E-state index contributed by atoms with van der Waals surface area (Å²) in [4.78, 5) is 11.8. The minimum atomic E-state index is -0.420. The first-order chi connectivity index (χ1) is 12.1. The molecule has 2 N–H and O–H groups in total.